The van der Waals surface area contributed by atoms with Gasteiger partial charge in [-0.05, 0) is 32.8 Å². The normalized spacial score (nSPS) is 15.0. The van der Waals surface area contributed by atoms with E-state index in [0.29, 0.717) is 24.0 Å². The standard InChI is InChI=1S/C21H29N3O4S/c1-3-23(4-2)21(26)14-24-13-19(17-11-7-8-12-18(17)24)29(27,28)15-20(25)22-16-9-5-6-10-16/h7-8,11-13,16H,3-6,9-10,14-15H2,1-2H3,(H,22,25). The maximum Gasteiger partial charge on any atom is 0.242 e. The number of amides is 2. The molecule has 0 unspecified atom stereocenters. The summed E-state index contributed by atoms with van der Waals surface area (Å²) >= 11 is 0. The van der Waals surface area contributed by atoms with Gasteiger partial charge in [0.05, 0.1) is 4.90 Å². The number of nitrogens with zero attached hydrogens (tertiary/aromatic N) is 2. The molecule has 0 atom stereocenters. The Kier molecular flexibility index (Phi) is 6.62. The summed E-state index contributed by atoms with van der Waals surface area (Å²) in [4.78, 5) is 26.7. The van der Waals surface area contributed by atoms with E-state index in [9.17, 15) is 18.0 Å². The molecule has 0 aliphatic heterocycles. The first kappa shape index (κ1) is 21.4. The van der Waals surface area contributed by atoms with Gasteiger partial charge in [0.2, 0.25) is 11.8 Å². The number of rotatable bonds is 8. The molecule has 8 heteroatoms. The summed E-state index contributed by atoms with van der Waals surface area (Å²) in [6.07, 6.45) is 5.42. The van der Waals surface area contributed by atoms with E-state index in [2.05, 4.69) is 5.32 Å². The molecule has 1 aliphatic carbocycles. The lowest BCUT2D eigenvalue weighted by Gasteiger charge is -2.19. The maximum atomic E-state index is 13.0. The van der Waals surface area contributed by atoms with E-state index >= 15 is 0 Å². The van der Waals surface area contributed by atoms with Gasteiger partial charge < -0.3 is 14.8 Å². The summed E-state index contributed by atoms with van der Waals surface area (Å²) in [5.74, 6) is -1.12. The zero-order valence-electron chi connectivity index (χ0n) is 17.1. The van der Waals surface area contributed by atoms with Gasteiger partial charge in [-0.3, -0.25) is 9.59 Å². The van der Waals surface area contributed by atoms with Gasteiger partial charge in [0, 0.05) is 36.2 Å². The zero-order valence-corrected chi connectivity index (χ0v) is 17.9. The number of sulfone groups is 1. The van der Waals surface area contributed by atoms with Crippen LogP contribution in [0.3, 0.4) is 0 Å². The first-order valence-electron chi connectivity index (χ1n) is 10.2. The lowest BCUT2D eigenvalue weighted by molar-refractivity contribution is -0.131. The van der Waals surface area contributed by atoms with Gasteiger partial charge in [0.15, 0.2) is 9.84 Å². The first-order chi connectivity index (χ1) is 13.9. The van der Waals surface area contributed by atoms with Crippen molar-refractivity contribution in [2.75, 3.05) is 18.8 Å². The van der Waals surface area contributed by atoms with Gasteiger partial charge in [0.1, 0.15) is 12.3 Å². The molecular formula is C21H29N3O4S. The Morgan fingerprint density at radius 2 is 1.79 bits per heavy atom. The second kappa shape index (κ2) is 8.98. The Bertz CT molecular complexity index is 987. The van der Waals surface area contributed by atoms with E-state index < -0.39 is 21.5 Å². The maximum absolute atomic E-state index is 13.0. The summed E-state index contributed by atoms with van der Waals surface area (Å²) in [7, 11) is -3.83. The second-order valence-electron chi connectivity index (χ2n) is 7.51. The minimum absolute atomic E-state index is 0.0615. The number of benzene rings is 1. The van der Waals surface area contributed by atoms with E-state index in [1.54, 1.807) is 27.7 Å². The van der Waals surface area contributed by atoms with Gasteiger partial charge in [-0.15, -0.1) is 0 Å². The quantitative estimate of drug-likeness (QED) is 0.711. The van der Waals surface area contributed by atoms with Gasteiger partial charge in [-0.25, -0.2) is 8.42 Å². The number of fused-ring (bicyclic) bond motifs is 1. The molecule has 3 rings (SSSR count). The summed E-state index contributed by atoms with van der Waals surface area (Å²) < 4.78 is 27.7. The van der Waals surface area contributed by atoms with Gasteiger partial charge >= 0.3 is 0 Å². The van der Waals surface area contributed by atoms with Crippen LogP contribution < -0.4 is 5.32 Å². The van der Waals surface area contributed by atoms with Crippen LogP contribution in [0.5, 0.6) is 0 Å². The van der Waals surface area contributed by atoms with Crippen LogP contribution in [0.2, 0.25) is 0 Å². The van der Waals surface area contributed by atoms with Crippen molar-refractivity contribution >= 4 is 32.6 Å². The summed E-state index contributed by atoms with van der Waals surface area (Å²) in [5, 5.41) is 3.37. The third kappa shape index (κ3) is 4.80. The average molecular weight is 420 g/mol. The van der Waals surface area contributed by atoms with Crippen molar-refractivity contribution in [1.29, 1.82) is 0 Å². The summed E-state index contributed by atoms with van der Waals surface area (Å²) in [5.41, 5.74) is 0.669. The Labute approximate surface area is 172 Å². The highest BCUT2D eigenvalue weighted by molar-refractivity contribution is 7.92. The van der Waals surface area contributed by atoms with Crippen molar-refractivity contribution in [2.24, 2.45) is 0 Å². The summed E-state index contributed by atoms with van der Waals surface area (Å²) in [6, 6.07) is 7.16. The molecule has 1 heterocycles. The molecule has 158 valence electrons. The summed E-state index contributed by atoms with van der Waals surface area (Å²) in [6.45, 7) is 5.08. The number of aromatic nitrogens is 1. The molecule has 0 radical (unpaired) electrons. The van der Waals surface area contributed by atoms with E-state index in [1.807, 2.05) is 19.9 Å². The topological polar surface area (TPSA) is 88.5 Å². The monoisotopic (exact) mass is 419 g/mol. The molecule has 0 spiro atoms. The molecule has 1 aromatic heterocycles. The van der Waals surface area contributed by atoms with Crippen LogP contribution in [0.4, 0.5) is 0 Å². The lowest BCUT2D eigenvalue weighted by Crippen LogP contribution is -2.36. The van der Waals surface area contributed by atoms with Crippen molar-refractivity contribution in [2.45, 2.75) is 57.0 Å². The lowest BCUT2D eigenvalue weighted by atomic mass is 10.2. The van der Waals surface area contributed by atoms with Crippen molar-refractivity contribution in [3.8, 4) is 0 Å². The molecule has 1 fully saturated rings. The van der Waals surface area contributed by atoms with E-state index in [1.165, 1.54) is 6.20 Å². The van der Waals surface area contributed by atoms with E-state index in [-0.39, 0.29) is 23.4 Å². The first-order valence-corrected chi connectivity index (χ1v) is 11.9. The van der Waals surface area contributed by atoms with Crippen LogP contribution >= 0.6 is 0 Å². The molecular weight excluding hydrogens is 390 g/mol. The predicted molar refractivity (Wildman–Crippen MR) is 112 cm³/mol. The molecule has 1 N–H and O–H groups in total. The molecule has 0 saturated heterocycles. The number of carbonyl (C=O) groups is 2. The van der Waals surface area contributed by atoms with Crippen LogP contribution in [0, 0.1) is 0 Å². The highest BCUT2D eigenvalue weighted by Crippen LogP contribution is 2.27. The smallest absolute Gasteiger partial charge is 0.242 e. The molecule has 1 aromatic carbocycles. The second-order valence-corrected chi connectivity index (χ2v) is 9.47. The Hall–Kier alpha value is -2.35. The SMILES string of the molecule is CCN(CC)C(=O)Cn1cc(S(=O)(=O)CC(=O)NC2CCCC2)c2ccccc21. The zero-order chi connectivity index (χ0) is 21.0. The van der Waals surface area contributed by atoms with Gasteiger partial charge in [-0.2, -0.15) is 0 Å². The molecule has 29 heavy (non-hydrogen) atoms. The van der Waals surface area contributed by atoms with Crippen molar-refractivity contribution in [1.82, 2.24) is 14.8 Å². The molecule has 7 nitrogen and oxygen atoms in total. The predicted octanol–water partition coefficient (Wildman–Crippen LogP) is 2.34. The fraction of sp³-hybridized carbons (Fsp3) is 0.524. The molecule has 1 saturated carbocycles. The highest BCUT2D eigenvalue weighted by Gasteiger charge is 2.27. The fourth-order valence-electron chi connectivity index (χ4n) is 4.00. The van der Waals surface area contributed by atoms with Crippen molar-refractivity contribution in [3.63, 3.8) is 0 Å². The van der Waals surface area contributed by atoms with Crippen LogP contribution in [0.15, 0.2) is 35.4 Å². The third-order valence-electron chi connectivity index (χ3n) is 5.55. The third-order valence-corrected chi connectivity index (χ3v) is 7.19. The van der Waals surface area contributed by atoms with Crippen LogP contribution in [0.1, 0.15) is 39.5 Å². The van der Waals surface area contributed by atoms with E-state index in [0.717, 1.165) is 25.7 Å². The minimum atomic E-state index is -3.83. The minimum Gasteiger partial charge on any atom is -0.352 e. The van der Waals surface area contributed by atoms with E-state index in [4.69, 9.17) is 0 Å². The number of carbonyl (C=O) groups excluding carboxylic acids is 2. The molecule has 2 aromatic rings. The average Bonchev–Trinajstić information content (AvgIpc) is 3.31. The molecule has 1 aliphatic rings. The van der Waals surface area contributed by atoms with Crippen molar-refractivity contribution < 1.29 is 18.0 Å². The molecule has 2 amide bonds. The number of hydrogen-bond acceptors (Lipinski definition) is 4. The Balaban J connectivity index is 1.86. The van der Waals surface area contributed by atoms with Crippen LogP contribution in [0.25, 0.3) is 10.9 Å². The van der Waals surface area contributed by atoms with Crippen LogP contribution in [-0.2, 0) is 26.0 Å². The largest absolute Gasteiger partial charge is 0.352 e. The number of likely N-dealkylation sites (N-methyl/N-ethyl adjacent to an activating group) is 1. The van der Waals surface area contributed by atoms with Crippen LogP contribution in [-0.4, -0.2) is 54.6 Å². The number of nitrogens with one attached hydrogen (secondary N) is 1. The Morgan fingerprint density at radius 3 is 2.45 bits per heavy atom. The van der Waals surface area contributed by atoms with Gasteiger partial charge in [0.25, 0.3) is 0 Å². The Morgan fingerprint density at radius 1 is 1.14 bits per heavy atom. The van der Waals surface area contributed by atoms with Crippen molar-refractivity contribution in [3.05, 3.63) is 30.5 Å². The fourth-order valence-corrected chi connectivity index (χ4v) is 5.38. The number of para-hydroxylation sites is 1. The van der Waals surface area contributed by atoms with Gasteiger partial charge in [-0.1, -0.05) is 31.0 Å². The number of hydrogen-bond donors (Lipinski definition) is 1. The highest BCUT2D eigenvalue weighted by atomic mass is 32.2. The molecule has 0 bridgehead atoms.